The molecule has 0 atom stereocenters. The highest BCUT2D eigenvalue weighted by Gasteiger charge is 2.34. The Morgan fingerprint density at radius 3 is 2.33 bits per heavy atom. The summed E-state index contributed by atoms with van der Waals surface area (Å²) in [6, 6.07) is 11.6. The number of rotatable bonds is 2. The first-order valence-corrected chi connectivity index (χ1v) is 7.52. The fraction of sp³-hybridized carbons (Fsp3) is 0.176. The molecule has 106 valence electrons. The predicted octanol–water partition coefficient (Wildman–Crippen LogP) is 3.68. The summed E-state index contributed by atoms with van der Waals surface area (Å²) in [5, 5.41) is 0. The van der Waals surface area contributed by atoms with Crippen molar-refractivity contribution < 1.29 is 9.59 Å². The van der Waals surface area contributed by atoms with Crippen LogP contribution in [0.3, 0.4) is 0 Å². The van der Waals surface area contributed by atoms with Gasteiger partial charge in [0.05, 0.1) is 11.1 Å². The van der Waals surface area contributed by atoms with Gasteiger partial charge in [0.25, 0.3) is 11.8 Å². The van der Waals surface area contributed by atoms with E-state index in [1.807, 2.05) is 24.3 Å². The van der Waals surface area contributed by atoms with Gasteiger partial charge < -0.3 is 0 Å². The molecule has 0 fully saturated rings. The maximum atomic E-state index is 12.3. The Labute approximate surface area is 128 Å². The van der Waals surface area contributed by atoms with E-state index in [0.29, 0.717) is 11.1 Å². The summed E-state index contributed by atoms with van der Waals surface area (Å²) in [6.45, 7) is 4.14. The molecule has 0 aliphatic carbocycles. The van der Waals surface area contributed by atoms with Crippen LogP contribution < -0.4 is 0 Å². The molecule has 3 nitrogen and oxygen atoms in total. The summed E-state index contributed by atoms with van der Waals surface area (Å²) in [5.74, 6) is -0.443. The molecule has 1 heterocycles. The van der Waals surface area contributed by atoms with E-state index in [0.717, 1.165) is 9.79 Å². The molecule has 2 amide bonds. The molecule has 1 aliphatic rings. The van der Waals surface area contributed by atoms with Crippen molar-refractivity contribution in [2.24, 2.45) is 0 Å². The standard InChI is InChI=1S/C17H15NO2S/c1-10-6-4-8-13(11(10)2)21-14-9-5-7-12-15(14)17(20)18(3)16(12)19/h4-9H,1-3H3. The number of benzene rings is 2. The van der Waals surface area contributed by atoms with Crippen LogP contribution in [0.25, 0.3) is 0 Å². The van der Waals surface area contributed by atoms with E-state index in [2.05, 4.69) is 19.9 Å². The van der Waals surface area contributed by atoms with E-state index in [1.54, 1.807) is 17.8 Å². The minimum atomic E-state index is -0.224. The molecule has 0 radical (unpaired) electrons. The number of nitrogens with zero attached hydrogens (tertiary/aromatic N) is 1. The molecule has 1 aliphatic heterocycles. The van der Waals surface area contributed by atoms with Crippen molar-refractivity contribution in [3.05, 3.63) is 58.7 Å². The number of carbonyl (C=O) groups excluding carboxylic acids is 2. The average Bonchev–Trinajstić information content (AvgIpc) is 2.70. The van der Waals surface area contributed by atoms with E-state index >= 15 is 0 Å². The van der Waals surface area contributed by atoms with Crippen LogP contribution in [-0.2, 0) is 0 Å². The number of aryl methyl sites for hydroxylation is 1. The SMILES string of the molecule is Cc1cccc(Sc2cccc3c2C(=O)N(C)C3=O)c1C. The van der Waals surface area contributed by atoms with Crippen LogP contribution in [0.1, 0.15) is 31.8 Å². The van der Waals surface area contributed by atoms with Gasteiger partial charge in [-0.05, 0) is 43.2 Å². The largest absolute Gasteiger partial charge is 0.277 e. The number of imide groups is 1. The zero-order chi connectivity index (χ0) is 15.1. The van der Waals surface area contributed by atoms with Crippen LogP contribution >= 0.6 is 11.8 Å². The van der Waals surface area contributed by atoms with Crippen LogP contribution in [0.4, 0.5) is 0 Å². The Bertz CT molecular complexity index is 767. The van der Waals surface area contributed by atoms with E-state index in [4.69, 9.17) is 0 Å². The van der Waals surface area contributed by atoms with Gasteiger partial charge in [-0.1, -0.05) is 30.0 Å². The van der Waals surface area contributed by atoms with E-state index < -0.39 is 0 Å². The lowest BCUT2D eigenvalue weighted by molar-refractivity contribution is 0.0692. The van der Waals surface area contributed by atoms with Gasteiger partial charge in [0, 0.05) is 16.8 Å². The van der Waals surface area contributed by atoms with Crippen molar-refractivity contribution in [1.82, 2.24) is 4.90 Å². The summed E-state index contributed by atoms with van der Waals surface area (Å²) in [7, 11) is 1.52. The van der Waals surface area contributed by atoms with Crippen LogP contribution in [0.2, 0.25) is 0 Å². The highest BCUT2D eigenvalue weighted by molar-refractivity contribution is 7.99. The van der Waals surface area contributed by atoms with Crippen molar-refractivity contribution in [3.63, 3.8) is 0 Å². The first kappa shape index (κ1) is 13.9. The lowest BCUT2D eigenvalue weighted by Crippen LogP contribution is -2.24. The summed E-state index contributed by atoms with van der Waals surface area (Å²) in [4.78, 5) is 27.4. The average molecular weight is 297 g/mol. The quantitative estimate of drug-likeness (QED) is 0.794. The van der Waals surface area contributed by atoms with Crippen LogP contribution in [0.15, 0.2) is 46.2 Å². The molecule has 0 aromatic heterocycles. The van der Waals surface area contributed by atoms with Gasteiger partial charge in [-0.2, -0.15) is 0 Å². The zero-order valence-electron chi connectivity index (χ0n) is 12.1. The summed E-state index contributed by atoms with van der Waals surface area (Å²) < 4.78 is 0. The van der Waals surface area contributed by atoms with Crippen molar-refractivity contribution in [2.75, 3.05) is 7.05 Å². The second-order valence-corrected chi connectivity index (χ2v) is 6.23. The molecule has 0 saturated carbocycles. The third kappa shape index (κ3) is 2.16. The van der Waals surface area contributed by atoms with Crippen molar-refractivity contribution in [2.45, 2.75) is 23.6 Å². The van der Waals surface area contributed by atoms with Gasteiger partial charge >= 0.3 is 0 Å². The first-order chi connectivity index (χ1) is 10.0. The van der Waals surface area contributed by atoms with Crippen molar-refractivity contribution >= 4 is 23.6 Å². The van der Waals surface area contributed by atoms with Gasteiger partial charge in [0.15, 0.2) is 0 Å². The molecule has 0 unspecified atom stereocenters. The zero-order valence-corrected chi connectivity index (χ0v) is 13.0. The summed E-state index contributed by atoms with van der Waals surface area (Å²) in [5.41, 5.74) is 3.44. The van der Waals surface area contributed by atoms with Crippen LogP contribution in [0, 0.1) is 13.8 Å². The number of carbonyl (C=O) groups is 2. The third-order valence-electron chi connectivity index (χ3n) is 3.85. The van der Waals surface area contributed by atoms with Gasteiger partial charge in [-0.3, -0.25) is 14.5 Å². The molecular formula is C17H15NO2S. The Morgan fingerprint density at radius 1 is 0.905 bits per heavy atom. The lowest BCUT2D eigenvalue weighted by atomic mass is 10.1. The minimum absolute atomic E-state index is 0.219. The van der Waals surface area contributed by atoms with E-state index in [9.17, 15) is 9.59 Å². The molecule has 2 aromatic carbocycles. The molecular weight excluding hydrogens is 282 g/mol. The number of fused-ring (bicyclic) bond motifs is 1. The highest BCUT2D eigenvalue weighted by Crippen LogP contribution is 2.37. The van der Waals surface area contributed by atoms with Gasteiger partial charge in [0.2, 0.25) is 0 Å². The molecule has 21 heavy (non-hydrogen) atoms. The van der Waals surface area contributed by atoms with Gasteiger partial charge in [-0.15, -0.1) is 0 Å². The maximum Gasteiger partial charge on any atom is 0.262 e. The molecule has 4 heteroatoms. The molecule has 0 bridgehead atoms. The van der Waals surface area contributed by atoms with Crippen LogP contribution in [-0.4, -0.2) is 23.8 Å². The predicted molar refractivity (Wildman–Crippen MR) is 82.9 cm³/mol. The molecule has 0 spiro atoms. The Hall–Kier alpha value is -2.07. The van der Waals surface area contributed by atoms with Crippen molar-refractivity contribution in [3.8, 4) is 0 Å². The Morgan fingerprint density at radius 2 is 1.57 bits per heavy atom. The van der Waals surface area contributed by atoms with E-state index in [1.165, 1.54) is 23.1 Å². The monoisotopic (exact) mass is 297 g/mol. The third-order valence-corrected chi connectivity index (χ3v) is 5.08. The smallest absolute Gasteiger partial charge is 0.262 e. The summed E-state index contributed by atoms with van der Waals surface area (Å²) >= 11 is 1.54. The fourth-order valence-corrected chi connectivity index (χ4v) is 3.55. The van der Waals surface area contributed by atoms with Crippen molar-refractivity contribution in [1.29, 1.82) is 0 Å². The molecule has 3 rings (SSSR count). The Kier molecular flexibility index (Phi) is 3.33. The molecule has 0 saturated heterocycles. The van der Waals surface area contributed by atoms with Gasteiger partial charge in [-0.25, -0.2) is 0 Å². The fourth-order valence-electron chi connectivity index (χ4n) is 2.41. The van der Waals surface area contributed by atoms with Gasteiger partial charge in [0.1, 0.15) is 0 Å². The first-order valence-electron chi connectivity index (χ1n) is 6.70. The number of hydrogen-bond donors (Lipinski definition) is 0. The van der Waals surface area contributed by atoms with Crippen LogP contribution in [0.5, 0.6) is 0 Å². The number of amides is 2. The highest BCUT2D eigenvalue weighted by atomic mass is 32.2. The normalized spacial score (nSPS) is 13.8. The summed E-state index contributed by atoms with van der Waals surface area (Å²) in [6.07, 6.45) is 0. The second-order valence-electron chi connectivity index (χ2n) is 5.15. The molecule has 2 aromatic rings. The minimum Gasteiger partial charge on any atom is -0.277 e. The lowest BCUT2D eigenvalue weighted by Gasteiger charge is -2.10. The second kappa shape index (κ2) is 5.04. The Balaban J connectivity index is 2.08. The molecule has 0 N–H and O–H groups in total. The topological polar surface area (TPSA) is 37.4 Å². The number of hydrogen-bond acceptors (Lipinski definition) is 3. The van der Waals surface area contributed by atoms with E-state index in [-0.39, 0.29) is 11.8 Å². The maximum absolute atomic E-state index is 12.3.